The molecule has 2 aliphatic heterocycles. The predicted octanol–water partition coefficient (Wildman–Crippen LogP) is 3.04. The van der Waals surface area contributed by atoms with Gasteiger partial charge in [-0.1, -0.05) is 42.1 Å². The first kappa shape index (κ1) is 16.5. The SMILES string of the molecule is C[C@H]1N=C2c3ccccc3N=C(SCC(=O)Nc3ccccc3)N2C1=O. The highest BCUT2D eigenvalue weighted by Gasteiger charge is 2.39. The highest BCUT2D eigenvalue weighted by atomic mass is 32.2. The maximum atomic E-state index is 12.5. The highest BCUT2D eigenvalue weighted by molar-refractivity contribution is 8.14. The zero-order valence-corrected chi connectivity index (χ0v) is 14.9. The van der Waals surface area contributed by atoms with Crippen LogP contribution in [-0.2, 0) is 9.59 Å². The van der Waals surface area contributed by atoms with Crippen LogP contribution in [0.2, 0.25) is 0 Å². The summed E-state index contributed by atoms with van der Waals surface area (Å²) in [5.41, 5.74) is 2.33. The number of carbonyl (C=O) groups excluding carboxylic acids is 2. The lowest BCUT2D eigenvalue weighted by atomic mass is 10.1. The van der Waals surface area contributed by atoms with Crippen LogP contribution in [0, 0.1) is 0 Å². The van der Waals surface area contributed by atoms with Crippen LogP contribution in [-0.4, -0.2) is 39.5 Å². The number of hydrogen-bond donors (Lipinski definition) is 1. The zero-order valence-electron chi connectivity index (χ0n) is 14.0. The Kier molecular flexibility index (Phi) is 4.30. The Morgan fingerprint density at radius 2 is 1.88 bits per heavy atom. The number of carbonyl (C=O) groups is 2. The number of amidine groups is 2. The molecule has 2 amide bonds. The van der Waals surface area contributed by atoms with Gasteiger partial charge in [-0.2, -0.15) is 0 Å². The van der Waals surface area contributed by atoms with Gasteiger partial charge in [0.15, 0.2) is 5.17 Å². The molecular formula is C19H16N4O2S. The quantitative estimate of drug-likeness (QED) is 0.910. The van der Waals surface area contributed by atoms with Crippen molar-refractivity contribution in [1.82, 2.24) is 4.90 Å². The summed E-state index contributed by atoms with van der Waals surface area (Å²) in [6.07, 6.45) is 0. The third-order valence-electron chi connectivity index (χ3n) is 4.05. The van der Waals surface area contributed by atoms with Crippen molar-refractivity contribution in [1.29, 1.82) is 0 Å². The van der Waals surface area contributed by atoms with Crippen LogP contribution in [0.1, 0.15) is 12.5 Å². The molecule has 7 heteroatoms. The van der Waals surface area contributed by atoms with Gasteiger partial charge in [-0.05, 0) is 31.2 Å². The number of anilines is 1. The minimum Gasteiger partial charge on any atom is -0.325 e. The third kappa shape index (κ3) is 3.01. The normalized spacial score (nSPS) is 18.0. The maximum Gasteiger partial charge on any atom is 0.258 e. The minimum atomic E-state index is -0.444. The molecule has 0 radical (unpaired) electrons. The fourth-order valence-electron chi connectivity index (χ4n) is 2.82. The molecule has 6 nitrogen and oxygen atoms in total. The molecule has 130 valence electrons. The molecule has 0 bridgehead atoms. The van der Waals surface area contributed by atoms with Crippen LogP contribution in [0.15, 0.2) is 64.6 Å². The number of fused-ring (bicyclic) bond motifs is 3. The summed E-state index contributed by atoms with van der Waals surface area (Å²) >= 11 is 1.23. The van der Waals surface area contributed by atoms with E-state index in [2.05, 4.69) is 15.3 Å². The van der Waals surface area contributed by atoms with Gasteiger partial charge in [0, 0.05) is 11.3 Å². The zero-order chi connectivity index (χ0) is 18.1. The molecule has 2 heterocycles. The molecule has 0 saturated carbocycles. The van der Waals surface area contributed by atoms with E-state index in [1.54, 1.807) is 6.92 Å². The first-order valence-electron chi connectivity index (χ1n) is 8.21. The Balaban J connectivity index is 1.54. The summed E-state index contributed by atoms with van der Waals surface area (Å²) in [5.74, 6) is 0.491. The van der Waals surface area contributed by atoms with E-state index in [0.29, 0.717) is 11.0 Å². The average Bonchev–Trinajstić information content (AvgIpc) is 2.96. The first-order valence-corrected chi connectivity index (χ1v) is 9.19. The molecular weight excluding hydrogens is 348 g/mol. The average molecular weight is 364 g/mol. The number of aliphatic imine (C=N–C) groups is 2. The second-order valence-corrected chi connectivity index (χ2v) is 6.86. The van der Waals surface area contributed by atoms with Crippen LogP contribution < -0.4 is 5.32 Å². The molecule has 0 unspecified atom stereocenters. The summed E-state index contributed by atoms with van der Waals surface area (Å²) in [7, 11) is 0. The molecule has 0 saturated heterocycles. The van der Waals surface area contributed by atoms with Crippen molar-refractivity contribution in [2.45, 2.75) is 13.0 Å². The Morgan fingerprint density at radius 3 is 2.69 bits per heavy atom. The third-order valence-corrected chi connectivity index (χ3v) is 4.99. The molecule has 0 aromatic heterocycles. The summed E-state index contributed by atoms with van der Waals surface area (Å²) in [5, 5.41) is 3.32. The number of para-hydroxylation sites is 2. The van der Waals surface area contributed by atoms with E-state index in [9.17, 15) is 9.59 Å². The van der Waals surface area contributed by atoms with Gasteiger partial charge >= 0.3 is 0 Å². The fourth-order valence-corrected chi connectivity index (χ4v) is 3.62. The molecule has 4 rings (SSSR count). The molecule has 26 heavy (non-hydrogen) atoms. The molecule has 0 spiro atoms. The maximum absolute atomic E-state index is 12.5. The molecule has 0 fully saturated rings. The van der Waals surface area contributed by atoms with Crippen LogP contribution in [0.3, 0.4) is 0 Å². The number of nitrogens with zero attached hydrogens (tertiary/aromatic N) is 3. The van der Waals surface area contributed by atoms with Crippen molar-refractivity contribution in [3.8, 4) is 0 Å². The van der Waals surface area contributed by atoms with Gasteiger partial charge in [0.2, 0.25) is 5.91 Å². The van der Waals surface area contributed by atoms with Crippen molar-refractivity contribution < 1.29 is 9.59 Å². The van der Waals surface area contributed by atoms with Crippen LogP contribution in [0.5, 0.6) is 0 Å². The van der Waals surface area contributed by atoms with Crippen molar-refractivity contribution >= 4 is 46.0 Å². The Hall–Kier alpha value is -2.93. The lowest BCUT2D eigenvalue weighted by Gasteiger charge is -2.25. The second kappa shape index (κ2) is 6.76. The van der Waals surface area contributed by atoms with E-state index < -0.39 is 6.04 Å². The molecule has 2 aliphatic rings. The van der Waals surface area contributed by atoms with Gasteiger partial charge in [-0.15, -0.1) is 0 Å². The van der Waals surface area contributed by atoms with Crippen molar-refractivity contribution in [3.05, 3.63) is 60.2 Å². The van der Waals surface area contributed by atoms with Gasteiger partial charge in [0.1, 0.15) is 11.9 Å². The van der Waals surface area contributed by atoms with Crippen LogP contribution in [0.4, 0.5) is 11.4 Å². The van der Waals surface area contributed by atoms with E-state index in [4.69, 9.17) is 0 Å². The summed E-state index contributed by atoms with van der Waals surface area (Å²) in [6.45, 7) is 1.76. The van der Waals surface area contributed by atoms with Gasteiger partial charge in [0.05, 0.1) is 11.4 Å². The van der Waals surface area contributed by atoms with Crippen LogP contribution >= 0.6 is 11.8 Å². The lowest BCUT2D eigenvalue weighted by molar-refractivity contribution is -0.124. The topological polar surface area (TPSA) is 74.1 Å². The van der Waals surface area contributed by atoms with E-state index in [1.807, 2.05) is 54.6 Å². The summed E-state index contributed by atoms with van der Waals surface area (Å²) in [4.78, 5) is 35.3. The standard InChI is InChI=1S/C19H16N4O2S/c1-12-18(25)23-17(20-12)14-9-5-6-10-15(14)22-19(23)26-11-16(24)21-13-7-3-2-4-8-13/h2-10,12H,11H2,1H3,(H,21,24)/t12-/m1/s1. The van der Waals surface area contributed by atoms with Crippen molar-refractivity contribution in [3.63, 3.8) is 0 Å². The van der Waals surface area contributed by atoms with Gasteiger partial charge in [-0.25, -0.2) is 9.89 Å². The van der Waals surface area contributed by atoms with Gasteiger partial charge < -0.3 is 5.32 Å². The largest absolute Gasteiger partial charge is 0.325 e. The summed E-state index contributed by atoms with van der Waals surface area (Å²) < 4.78 is 0. The van der Waals surface area contributed by atoms with E-state index >= 15 is 0 Å². The number of amides is 2. The number of thioether (sulfide) groups is 1. The minimum absolute atomic E-state index is 0.121. The predicted molar refractivity (Wildman–Crippen MR) is 104 cm³/mol. The molecule has 0 aliphatic carbocycles. The molecule has 2 aromatic rings. The van der Waals surface area contributed by atoms with Gasteiger partial charge in [-0.3, -0.25) is 14.6 Å². The molecule has 2 aromatic carbocycles. The molecule has 1 atom stereocenters. The van der Waals surface area contributed by atoms with Gasteiger partial charge in [0.25, 0.3) is 5.91 Å². The smallest absolute Gasteiger partial charge is 0.258 e. The fraction of sp³-hybridized carbons (Fsp3) is 0.158. The summed E-state index contributed by atoms with van der Waals surface area (Å²) in [6, 6.07) is 16.4. The Morgan fingerprint density at radius 1 is 1.15 bits per heavy atom. The lowest BCUT2D eigenvalue weighted by Crippen LogP contribution is -2.41. The Bertz CT molecular complexity index is 940. The van der Waals surface area contributed by atoms with E-state index in [-0.39, 0.29) is 17.6 Å². The van der Waals surface area contributed by atoms with E-state index in [1.165, 1.54) is 16.7 Å². The number of hydrogen-bond acceptors (Lipinski definition) is 5. The number of nitrogens with one attached hydrogen (secondary N) is 1. The highest BCUT2D eigenvalue weighted by Crippen LogP contribution is 2.33. The number of benzene rings is 2. The second-order valence-electron chi connectivity index (χ2n) is 5.92. The first-order chi connectivity index (χ1) is 12.6. The monoisotopic (exact) mass is 364 g/mol. The number of rotatable bonds is 3. The van der Waals surface area contributed by atoms with Crippen molar-refractivity contribution in [2.75, 3.05) is 11.1 Å². The Labute approximate surface area is 155 Å². The van der Waals surface area contributed by atoms with Crippen LogP contribution in [0.25, 0.3) is 0 Å². The van der Waals surface area contributed by atoms with E-state index in [0.717, 1.165) is 16.9 Å². The molecule has 1 N–H and O–H groups in total. The van der Waals surface area contributed by atoms with Crippen molar-refractivity contribution in [2.24, 2.45) is 9.98 Å².